The number of alkyl halides is 1. The Balaban J connectivity index is 2.72. The van der Waals surface area contributed by atoms with E-state index in [0.717, 1.165) is 0 Å². The van der Waals surface area contributed by atoms with Gasteiger partial charge in [-0.05, 0) is 58.2 Å². The number of hydrogen-bond donors (Lipinski definition) is 2. The lowest BCUT2D eigenvalue weighted by atomic mass is 10.0. The maximum absolute atomic E-state index is 12.5. The highest BCUT2D eigenvalue weighted by molar-refractivity contribution is 9.09. The molecule has 1 rings (SSSR count). The SMILES string of the molecule is CC(C)(C)N(CCCC[C@H](NC(=O)c1cccc(N=[N+]=N)c1)C(=O)CBr)C(=O)[O-]. The smallest absolute Gasteiger partial charge is 0.251 e. The Morgan fingerprint density at radius 1 is 1.31 bits per heavy atom. The molecule has 0 fully saturated rings. The minimum Gasteiger partial charge on any atom is -0.530 e. The molecule has 158 valence electrons. The van der Waals surface area contributed by atoms with Crippen molar-refractivity contribution in [2.75, 3.05) is 11.9 Å². The third-order valence-electron chi connectivity index (χ3n) is 4.25. The van der Waals surface area contributed by atoms with Crippen molar-refractivity contribution >= 4 is 39.4 Å². The van der Waals surface area contributed by atoms with Crippen LogP contribution in [-0.2, 0) is 4.79 Å². The summed E-state index contributed by atoms with van der Waals surface area (Å²) < 4.78 is 0. The highest BCUT2D eigenvalue weighted by Crippen LogP contribution is 2.16. The van der Waals surface area contributed by atoms with Crippen LogP contribution in [0.3, 0.4) is 0 Å². The third-order valence-corrected chi connectivity index (χ3v) is 4.81. The Morgan fingerprint density at radius 2 is 2.00 bits per heavy atom. The Labute approximate surface area is 178 Å². The monoisotopic (exact) mass is 467 g/mol. The van der Waals surface area contributed by atoms with Crippen LogP contribution in [-0.4, -0.2) is 46.1 Å². The summed E-state index contributed by atoms with van der Waals surface area (Å²) in [7, 11) is 0. The molecule has 0 aliphatic heterocycles. The molecule has 0 aliphatic carbocycles. The second kappa shape index (κ2) is 11.4. The third kappa shape index (κ3) is 8.13. The van der Waals surface area contributed by atoms with Crippen molar-refractivity contribution in [2.45, 2.75) is 51.6 Å². The van der Waals surface area contributed by atoms with Gasteiger partial charge in [0.05, 0.1) is 11.4 Å². The minimum absolute atomic E-state index is 0.0954. The summed E-state index contributed by atoms with van der Waals surface area (Å²) >= 11 is 3.13. The van der Waals surface area contributed by atoms with Crippen molar-refractivity contribution < 1.29 is 19.5 Å². The fourth-order valence-corrected chi connectivity index (χ4v) is 3.13. The van der Waals surface area contributed by atoms with E-state index in [2.05, 4.69) is 31.3 Å². The summed E-state index contributed by atoms with van der Waals surface area (Å²) in [6.07, 6.45) is 0.236. The van der Waals surface area contributed by atoms with Crippen molar-refractivity contribution in [3.05, 3.63) is 29.8 Å². The first kappa shape index (κ1) is 24.5. The van der Waals surface area contributed by atoms with E-state index in [1.807, 2.05) is 0 Å². The molecule has 10 heteroatoms. The quantitative estimate of drug-likeness (QED) is 0.236. The van der Waals surface area contributed by atoms with Crippen LogP contribution in [0.1, 0.15) is 50.4 Å². The molecule has 0 aliphatic rings. The molecule has 1 aromatic carbocycles. The van der Waals surface area contributed by atoms with Gasteiger partial charge >= 0.3 is 0 Å². The standard InChI is InChI=1S/C19H26BrN5O4/c1-19(2,3)25(18(28)29)10-5-4-9-15(16(26)12-20)22-17(27)13-7-6-8-14(11-13)23-24-21/h6-8,11,15,21H,4-5,9-10,12H2,1-3H3,(H-,22,27,28,29)/t15-/m0/s1. The molecule has 1 atom stereocenters. The summed E-state index contributed by atoms with van der Waals surface area (Å²) in [4.78, 5) is 40.2. The second-order valence-corrected chi connectivity index (χ2v) is 8.02. The Hall–Kier alpha value is -2.58. The van der Waals surface area contributed by atoms with Gasteiger partial charge in [0.1, 0.15) is 11.6 Å². The van der Waals surface area contributed by atoms with Gasteiger partial charge in [-0.2, -0.15) is 0 Å². The molecule has 0 saturated heterocycles. The molecule has 2 amide bonds. The Kier molecular flexibility index (Phi) is 9.64. The van der Waals surface area contributed by atoms with Crippen LogP contribution in [0.4, 0.5) is 10.5 Å². The molecule has 0 aromatic heterocycles. The normalized spacial score (nSPS) is 11.9. The Morgan fingerprint density at radius 3 is 2.55 bits per heavy atom. The summed E-state index contributed by atoms with van der Waals surface area (Å²) in [6.45, 7) is 5.65. The van der Waals surface area contributed by atoms with Crippen LogP contribution < -0.4 is 15.3 Å². The maximum Gasteiger partial charge on any atom is 0.251 e. The van der Waals surface area contributed by atoms with Crippen LogP contribution in [0, 0.1) is 5.53 Å². The van der Waals surface area contributed by atoms with Gasteiger partial charge in [-0.1, -0.05) is 22.0 Å². The van der Waals surface area contributed by atoms with E-state index in [1.165, 1.54) is 11.0 Å². The number of carbonyl (C=O) groups is 3. The maximum atomic E-state index is 12.5. The van der Waals surface area contributed by atoms with Crippen molar-refractivity contribution in [3.63, 3.8) is 0 Å². The van der Waals surface area contributed by atoms with E-state index < -0.39 is 23.6 Å². The van der Waals surface area contributed by atoms with E-state index in [9.17, 15) is 19.5 Å². The van der Waals surface area contributed by atoms with E-state index in [0.29, 0.717) is 30.5 Å². The number of halogens is 1. The second-order valence-electron chi connectivity index (χ2n) is 7.46. The van der Waals surface area contributed by atoms with Crippen LogP contribution in [0.5, 0.6) is 0 Å². The molecule has 2 N–H and O–H groups in total. The topological polar surface area (TPSA) is 140 Å². The van der Waals surface area contributed by atoms with Gasteiger partial charge in [-0.25, -0.2) is 0 Å². The van der Waals surface area contributed by atoms with Gasteiger partial charge in [0, 0.05) is 17.6 Å². The first-order valence-electron chi connectivity index (χ1n) is 9.15. The number of nitrogens with one attached hydrogen (secondary N) is 2. The molecule has 0 spiro atoms. The average Bonchev–Trinajstić information content (AvgIpc) is 2.65. The predicted molar refractivity (Wildman–Crippen MR) is 109 cm³/mol. The minimum atomic E-state index is -1.23. The highest BCUT2D eigenvalue weighted by Gasteiger charge is 2.23. The van der Waals surface area contributed by atoms with Crippen LogP contribution >= 0.6 is 15.9 Å². The fourth-order valence-electron chi connectivity index (χ4n) is 2.73. The lowest BCUT2D eigenvalue weighted by Crippen LogP contribution is -2.52. The fraction of sp³-hybridized carbons (Fsp3) is 0.526. The van der Waals surface area contributed by atoms with E-state index >= 15 is 0 Å². The van der Waals surface area contributed by atoms with Gasteiger partial charge in [0.25, 0.3) is 5.91 Å². The molecule has 1 aromatic rings. The van der Waals surface area contributed by atoms with Crippen molar-refractivity contribution in [1.82, 2.24) is 15.1 Å². The highest BCUT2D eigenvalue weighted by atomic mass is 79.9. The van der Waals surface area contributed by atoms with Crippen molar-refractivity contribution in [1.29, 1.82) is 5.53 Å². The molecule has 0 unspecified atom stereocenters. The molecule has 0 saturated carbocycles. The van der Waals surface area contributed by atoms with Crippen LogP contribution in [0.2, 0.25) is 0 Å². The van der Waals surface area contributed by atoms with Gasteiger partial charge in [-0.15, -0.1) is 0 Å². The van der Waals surface area contributed by atoms with E-state index in [4.69, 9.17) is 5.53 Å². The first-order chi connectivity index (χ1) is 13.6. The Bertz CT molecular complexity index is 787. The van der Waals surface area contributed by atoms with Gasteiger partial charge < -0.3 is 20.1 Å². The van der Waals surface area contributed by atoms with Gasteiger partial charge in [-0.3, -0.25) is 9.59 Å². The lowest BCUT2D eigenvalue weighted by Gasteiger charge is -2.38. The molecule has 0 bridgehead atoms. The zero-order valence-electron chi connectivity index (χ0n) is 16.8. The summed E-state index contributed by atoms with van der Waals surface area (Å²) in [5.74, 6) is -0.606. The van der Waals surface area contributed by atoms with Gasteiger partial charge in [0.2, 0.25) is 4.91 Å². The number of ketones is 1. The summed E-state index contributed by atoms with van der Waals surface area (Å²) in [6, 6.07) is 5.57. The van der Waals surface area contributed by atoms with Gasteiger partial charge in [0.15, 0.2) is 16.6 Å². The first-order valence-corrected chi connectivity index (χ1v) is 10.3. The van der Waals surface area contributed by atoms with E-state index in [1.54, 1.807) is 39.0 Å². The van der Waals surface area contributed by atoms with Crippen LogP contribution in [0.25, 0.3) is 0 Å². The summed E-state index contributed by atoms with van der Waals surface area (Å²) in [5, 5.41) is 17.7. The lowest BCUT2D eigenvalue weighted by molar-refractivity contribution is -0.270. The number of nitrogens with zero attached hydrogens (tertiary/aromatic N) is 3. The molecule has 0 heterocycles. The molecule has 29 heavy (non-hydrogen) atoms. The number of carboxylic acid groups (broad SMARTS) is 1. The number of carbonyl (C=O) groups excluding carboxylic acids is 3. The number of rotatable bonds is 10. The number of hydrogen-bond acceptors (Lipinski definition) is 6. The predicted octanol–water partition coefficient (Wildman–Crippen LogP) is 2.54. The molecule has 0 radical (unpaired) electrons. The summed E-state index contributed by atoms with van der Waals surface area (Å²) in [5.41, 5.74) is 6.86. The number of unbranched alkanes of at least 4 members (excludes halogenated alkanes) is 1. The molecule has 9 nitrogen and oxygen atoms in total. The number of Topliss-reactive ketones (excluding diaryl/α,β-unsaturated/α-hetero) is 1. The zero-order chi connectivity index (χ0) is 22.0. The number of benzene rings is 1. The number of amides is 2. The van der Waals surface area contributed by atoms with Crippen molar-refractivity contribution in [3.8, 4) is 0 Å². The zero-order valence-corrected chi connectivity index (χ0v) is 18.4. The average molecular weight is 468 g/mol. The van der Waals surface area contributed by atoms with Crippen LogP contribution in [0.15, 0.2) is 29.4 Å². The van der Waals surface area contributed by atoms with Crippen molar-refractivity contribution in [2.24, 2.45) is 5.11 Å². The largest absolute Gasteiger partial charge is 0.530 e. The molecular weight excluding hydrogens is 442 g/mol. The van der Waals surface area contributed by atoms with E-state index in [-0.39, 0.29) is 17.7 Å². The molecular formula is C19H26BrN5O4.